The van der Waals surface area contributed by atoms with Gasteiger partial charge in [0.25, 0.3) is 0 Å². The summed E-state index contributed by atoms with van der Waals surface area (Å²) >= 11 is 0. The van der Waals surface area contributed by atoms with E-state index in [-0.39, 0.29) is 24.8 Å². The number of carboxylic acids is 1. The van der Waals surface area contributed by atoms with E-state index in [0.717, 1.165) is 0 Å². The summed E-state index contributed by atoms with van der Waals surface area (Å²) in [5, 5.41) is 11.8. The molecule has 0 aliphatic carbocycles. The molecule has 2 amide bonds. The van der Waals surface area contributed by atoms with Crippen molar-refractivity contribution in [2.45, 2.75) is 27.2 Å². The van der Waals surface area contributed by atoms with Crippen molar-refractivity contribution in [1.29, 1.82) is 0 Å². The van der Waals surface area contributed by atoms with Gasteiger partial charge < -0.3 is 15.3 Å². The molecule has 0 saturated carbocycles. The Morgan fingerprint density at radius 3 is 2.55 bits per heavy atom. The number of amides is 2. The van der Waals surface area contributed by atoms with Gasteiger partial charge in [-0.1, -0.05) is 26.8 Å². The Balaban J connectivity index is 2.17. The summed E-state index contributed by atoms with van der Waals surface area (Å²) in [6.07, 6.45) is 0.00785. The molecule has 118 valence electrons. The number of anilines is 2. The third kappa shape index (κ3) is 3.44. The second kappa shape index (κ2) is 5.79. The van der Waals surface area contributed by atoms with Gasteiger partial charge in [-0.2, -0.15) is 0 Å². The number of carbonyl (C=O) groups excluding carboxylic acids is 2. The second-order valence-electron chi connectivity index (χ2n) is 6.50. The number of benzene rings is 1. The van der Waals surface area contributed by atoms with Gasteiger partial charge in [0.2, 0.25) is 11.8 Å². The van der Waals surface area contributed by atoms with E-state index < -0.39 is 17.3 Å². The highest BCUT2D eigenvalue weighted by Gasteiger charge is 2.35. The summed E-state index contributed by atoms with van der Waals surface area (Å²) in [7, 11) is 0. The van der Waals surface area contributed by atoms with Gasteiger partial charge in [0.1, 0.15) is 0 Å². The monoisotopic (exact) mass is 304 g/mol. The molecule has 6 heteroatoms. The molecule has 1 aromatic rings. The number of hydrogen-bond acceptors (Lipinski definition) is 3. The number of carbonyl (C=O) groups is 3. The highest BCUT2D eigenvalue weighted by atomic mass is 16.4. The summed E-state index contributed by atoms with van der Waals surface area (Å²) in [6, 6.07) is 6.89. The molecule has 0 aromatic heterocycles. The molecule has 1 saturated heterocycles. The van der Waals surface area contributed by atoms with Gasteiger partial charge in [0.15, 0.2) is 0 Å². The van der Waals surface area contributed by atoms with E-state index in [9.17, 15) is 14.4 Å². The van der Waals surface area contributed by atoms with E-state index in [2.05, 4.69) is 5.32 Å². The number of hydrogen-bond donors (Lipinski definition) is 2. The van der Waals surface area contributed by atoms with Crippen LogP contribution in [0, 0.1) is 11.3 Å². The molecule has 1 aliphatic heterocycles. The average molecular weight is 304 g/mol. The van der Waals surface area contributed by atoms with E-state index in [0.29, 0.717) is 11.4 Å². The fourth-order valence-electron chi connectivity index (χ4n) is 2.19. The maximum absolute atomic E-state index is 12.0. The van der Waals surface area contributed by atoms with Gasteiger partial charge >= 0.3 is 5.97 Å². The van der Waals surface area contributed by atoms with Crippen molar-refractivity contribution in [3.63, 3.8) is 0 Å². The van der Waals surface area contributed by atoms with Crippen LogP contribution in [0.5, 0.6) is 0 Å². The zero-order chi connectivity index (χ0) is 16.5. The summed E-state index contributed by atoms with van der Waals surface area (Å²) in [4.78, 5) is 36.4. The minimum absolute atomic E-state index is 0.00785. The van der Waals surface area contributed by atoms with Gasteiger partial charge in [-0.05, 0) is 18.2 Å². The molecule has 1 atom stereocenters. The van der Waals surface area contributed by atoms with Crippen molar-refractivity contribution in [2.75, 3.05) is 16.8 Å². The zero-order valence-electron chi connectivity index (χ0n) is 12.9. The first-order valence-corrected chi connectivity index (χ1v) is 7.13. The molecular weight excluding hydrogens is 284 g/mol. The van der Waals surface area contributed by atoms with E-state index in [1.807, 2.05) is 20.8 Å². The Hall–Kier alpha value is -2.37. The Bertz CT molecular complexity index is 619. The predicted octanol–water partition coefficient (Wildman–Crippen LogP) is 2.11. The number of nitrogens with zero attached hydrogens (tertiary/aromatic N) is 1. The van der Waals surface area contributed by atoms with Crippen molar-refractivity contribution in [3.05, 3.63) is 24.3 Å². The summed E-state index contributed by atoms with van der Waals surface area (Å²) in [6.45, 7) is 5.60. The number of aliphatic carboxylic acids is 1. The lowest BCUT2D eigenvalue weighted by Gasteiger charge is -2.20. The standard InChI is InChI=1S/C16H20N2O4/c1-16(2,3)15(22)17-11-5-4-6-12(8-11)18-9-10(14(20)21)7-13(18)19/h4-6,8,10H,7,9H2,1-3H3,(H,17,22)(H,20,21). The second-order valence-corrected chi connectivity index (χ2v) is 6.50. The van der Waals surface area contributed by atoms with E-state index in [1.165, 1.54) is 4.90 Å². The van der Waals surface area contributed by atoms with Crippen molar-refractivity contribution in [2.24, 2.45) is 11.3 Å². The van der Waals surface area contributed by atoms with Gasteiger partial charge in [-0.3, -0.25) is 14.4 Å². The van der Waals surface area contributed by atoms with E-state index >= 15 is 0 Å². The Morgan fingerprint density at radius 2 is 2.00 bits per heavy atom. The minimum Gasteiger partial charge on any atom is -0.481 e. The zero-order valence-corrected chi connectivity index (χ0v) is 12.9. The van der Waals surface area contributed by atoms with Crippen LogP contribution in [0.1, 0.15) is 27.2 Å². The Morgan fingerprint density at radius 1 is 1.32 bits per heavy atom. The SMILES string of the molecule is CC(C)(C)C(=O)Nc1cccc(N2CC(C(=O)O)CC2=O)c1. The third-order valence-corrected chi connectivity index (χ3v) is 3.57. The molecule has 1 fully saturated rings. The number of carboxylic acid groups (broad SMARTS) is 1. The third-order valence-electron chi connectivity index (χ3n) is 3.57. The lowest BCUT2D eigenvalue weighted by Crippen LogP contribution is -2.28. The van der Waals surface area contributed by atoms with Crippen LogP contribution in [0.15, 0.2) is 24.3 Å². The number of rotatable bonds is 3. The maximum atomic E-state index is 12.0. The molecule has 2 N–H and O–H groups in total. The van der Waals surface area contributed by atoms with Crippen molar-refractivity contribution in [3.8, 4) is 0 Å². The molecule has 1 aliphatic rings. The molecule has 1 aromatic carbocycles. The van der Waals surface area contributed by atoms with Crippen molar-refractivity contribution < 1.29 is 19.5 Å². The lowest BCUT2D eigenvalue weighted by atomic mass is 9.95. The Kier molecular flexibility index (Phi) is 4.21. The van der Waals surface area contributed by atoms with Crippen LogP contribution >= 0.6 is 0 Å². The molecule has 1 heterocycles. The molecule has 0 radical (unpaired) electrons. The first-order valence-electron chi connectivity index (χ1n) is 7.13. The summed E-state index contributed by atoms with van der Waals surface area (Å²) in [5.74, 6) is -1.99. The van der Waals surface area contributed by atoms with Crippen LogP contribution in [0.3, 0.4) is 0 Å². The predicted molar refractivity (Wildman–Crippen MR) is 82.6 cm³/mol. The Labute approximate surface area is 129 Å². The fraction of sp³-hybridized carbons (Fsp3) is 0.438. The van der Waals surface area contributed by atoms with Crippen molar-refractivity contribution in [1.82, 2.24) is 0 Å². The first kappa shape index (κ1) is 16.0. The van der Waals surface area contributed by atoms with Crippen LogP contribution in [-0.4, -0.2) is 29.4 Å². The number of nitrogens with one attached hydrogen (secondary N) is 1. The van der Waals surface area contributed by atoms with Crippen LogP contribution in [0.4, 0.5) is 11.4 Å². The quantitative estimate of drug-likeness (QED) is 0.895. The van der Waals surface area contributed by atoms with Crippen LogP contribution in [0.25, 0.3) is 0 Å². The van der Waals surface area contributed by atoms with Gasteiger partial charge in [-0.15, -0.1) is 0 Å². The van der Waals surface area contributed by atoms with Gasteiger partial charge in [-0.25, -0.2) is 0 Å². The highest BCUT2D eigenvalue weighted by Crippen LogP contribution is 2.28. The molecule has 22 heavy (non-hydrogen) atoms. The molecule has 6 nitrogen and oxygen atoms in total. The highest BCUT2D eigenvalue weighted by molar-refractivity contribution is 6.00. The molecular formula is C16H20N2O4. The van der Waals surface area contributed by atoms with Crippen molar-refractivity contribution >= 4 is 29.2 Å². The van der Waals surface area contributed by atoms with Gasteiger partial charge in [0, 0.05) is 29.8 Å². The van der Waals surface area contributed by atoms with Crippen LogP contribution < -0.4 is 10.2 Å². The largest absolute Gasteiger partial charge is 0.481 e. The average Bonchev–Trinajstić information content (AvgIpc) is 2.80. The first-order chi connectivity index (χ1) is 10.2. The lowest BCUT2D eigenvalue weighted by molar-refractivity contribution is -0.141. The van der Waals surface area contributed by atoms with Crippen LogP contribution in [0.2, 0.25) is 0 Å². The molecule has 2 rings (SSSR count). The van der Waals surface area contributed by atoms with Crippen LogP contribution in [-0.2, 0) is 14.4 Å². The van der Waals surface area contributed by atoms with Gasteiger partial charge in [0.05, 0.1) is 5.92 Å². The molecule has 1 unspecified atom stereocenters. The molecule has 0 bridgehead atoms. The normalized spacial score (nSPS) is 18.4. The van der Waals surface area contributed by atoms with E-state index in [1.54, 1.807) is 24.3 Å². The summed E-state index contributed by atoms with van der Waals surface area (Å²) < 4.78 is 0. The summed E-state index contributed by atoms with van der Waals surface area (Å²) in [5.41, 5.74) is 0.665. The fourth-order valence-corrected chi connectivity index (χ4v) is 2.19. The van der Waals surface area contributed by atoms with E-state index in [4.69, 9.17) is 5.11 Å². The topological polar surface area (TPSA) is 86.7 Å². The smallest absolute Gasteiger partial charge is 0.308 e. The minimum atomic E-state index is -0.965. The maximum Gasteiger partial charge on any atom is 0.308 e. The molecule has 0 spiro atoms.